The lowest BCUT2D eigenvalue weighted by Gasteiger charge is -2.32. The van der Waals surface area contributed by atoms with Gasteiger partial charge in [0.25, 0.3) is 0 Å². The van der Waals surface area contributed by atoms with Crippen molar-refractivity contribution in [1.82, 2.24) is 10.2 Å². The Hall–Kier alpha value is -2.94. The number of anilines is 1. The predicted octanol–water partition coefficient (Wildman–Crippen LogP) is 2.15. The molecular formula is C21H26FN3O4S. The first-order valence-electron chi connectivity index (χ1n) is 9.45. The van der Waals surface area contributed by atoms with E-state index in [0.29, 0.717) is 17.7 Å². The summed E-state index contributed by atoms with van der Waals surface area (Å²) in [6.45, 7) is 1.34. The van der Waals surface area contributed by atoms with E-state index in [4.69, 9.17) is 0 Å². The zero-order valence-corrected chi connectivity index (χ0v) is 18.0. The zero-order chi connectivity index (χ0) is 22.3. The van der Waals surface area contributed by atoms with Crippen LogP contribution in [0.1, 0.15) is 18.9 Å². The standard InChI is InChI=1S/C21H26FN3O4S/c1-4-19(21(27)23-2)24(14-16-10-12-17(22)13-11-16)20(26)15-25(30(3,28)29)18-8-6-5-7-9-18/h5-13,19H,4,14-15H2,1-3H3,(H,23,27). The molecule has 7 nitrogen and oxygen atoms in total. The van der Waals surface area contributed by atoms with Gasteiger partial charge in [0.2, 0.25) is 21.8 Å². The van der Waals surface area contributed by atoms with Crippen molar-refractivity contribution in [2.45, 2.75) is 25.9 Å². The van der Waals surface area contributed by atoms with Gasteiger partial charge in [0.05, 0.1) is 11.9 Å². The van der Waals surface area contributed by atoms with Gasteiger partial charge < -0.3 is 10.2 Å². The van der Waals surface area contributed by atoms with Gasteiger partial charge in [-0.3, -0.25) is 13.9 Å². The summed E-state index contributed by atoms with van der Waals surface area (Å²) in [7, 11) is -2.28. The molecule has 0 bridgehead atoms. The molecule has 1 unspecified atom stereocenters. The quantitative estimate of drug-likeness (QED) is 0.654. The van der Waals surface area contributed by atoms with Crippen molar-refractivity contribution in [2.24, 2.45) is 0 Å². The molecule has 30 heavy (non-hydrogen) atoms. The third-order valence-corrected chi connectivity index (χ3v) is 5.76. The van der Waals surface area contributed by atoms with E-state index in [9.17, 15) is 22.4 Å². The number of benzene rings is 2. The summed E-state index contributed by atoms with van der Waals surface area (Å²) in [4.78, 5) is 26.9. The maximum absolute atomic E-state index is 13.3. The second-order valence-corrected chi connectivity index (χ2v) is 8.70. The average molecular weight is 436 g/mol. The highest BCUT2D eigenvalue weighted by molar-refractivity contribution is 7.92. The zero-order valence-electron chi connectivity index (χ0n) is 17.2. The SMILES string of the molecule is CCC(C(=O)NC)N(Cc1ccc(F)cc1)C(=O)CN(c1ccccc1)S(C)(=O)=O. The molecule has 0 heterocycles. The molecule has 2 aromatic carbocycles. The van der Waals surface area contributed by atoms with Gasteiger partial charge in [-0.2, -0.15) is 0 Å². The first-order valence-corrected chi connectivity index (χ1v) is 11.3. The Morgan fingerprint density at radius 2 is 1.67 bits per heavy atom. The van der Waals surface area contributed by atoms with Gasteiger partial charge in [0.15, 0.2) is 0 Å². The highest BCUT2D eigenvalue weighted by atomic mass is 32.2. The van der Waals surface area contributed by atoms with Crippen molar-refractivity contribution in [1.29, 1.82) is 0 Å². The molecule has 0 aliphatic carbocycles. The Balaban J connectivity index is 2.38. The van der Waals surface area contributed by atoms with E-state index in [2.05, 4.69) is 5.32 Å². The van der Waals surface area contributed by atoms with Crippen LogP contribution in [0, 0.1) is 5.82 Å². The second kappa shape index (κ2) is 10.2. The molecule has 1 atom stereocenters. The molecule has 2 aromatic rings. The van der Waals surface area contributed by atoms with Gasteiger partial charge in [-0.25, -0.2) is 12.8 Å². The lowest BCUT2D eigenvalue weighted by Crippen LogP contribution is -2.51. The van der Waals surface area contributed by atoms with Crippen LogP contribution in [0.15, 0.2) is 54.6 Å². The number of para-hydroxylation sites is 1. The molecule has 0 spiro atoms. The van der Waals surface area contributed by atoms with Crippen molar-refractivity contribution in [3.8, 4) is 0 Å². The number of hydrogen-bond donors (Lipinski definition) is 1. The van der Waals surface area contributed by atoms with Crippen molar-refractivity contribution >= 4 is 27.5 Å². The predicted molar refractivity (Wildman–Crippen MR) is 114 cm³/mol. The summed E-state index contributed by atoms with van der Waals surface area (Å²) >= 11 is 0. The topological polar surface area (TPSA) is 86.8 Å². The fraction of sp³-hybridized carbons (Fsp3) is 0.333. The third kappa shape index (κ3) is 6.03. The van der Waals surface area contributed by atoms with Crippen LogP contribution < -0.4 is 9.62 Å². The van der Waals surface area contributed by atoms with Crippen molar-refractivity contribution in [3.05, 3.63) is 66.0 Å². The molecule has 1 N–H and O–H groups in total. The van der Waals surface area contributed by atoms with E-state index in [1.807, 2.05) is 0 Å². The largest absolute Gasteiger partial charge is 0.357 e. The normalized spacial score (nSPS) is 12.1. The molecule has 0 saturated carbocycles. The Kier molecular flexibility index (Phi) is 7.93. The third-order valence-electron chi connectivity index (χ3n) is 4.62. The van der Waals surface area contributed by atoms with Gasteiger partial charge in [-0.05, 0) is 36.2 Å². The van der Waals surface area contributed by atoms with Gasteiger partial charge in [0.1, 0.15) is 18.4 Å². The fourth-order valence-electron chi connectivity index (χ4n) is 3.08. The molecule has 0 fully saturated rings. The monoisotopic (exact) mass is 435 g/mol. The minimum atomic E-state index is -3.75. The van der Waals surface area contributed by atoms with Crippen molar-refractivity contribution in [3.63, 3.8) is 0 Å². The number of rotatable bonds is 9. The summed E-state index contributed by atoms with van der Waals surface area (Å²) in [6.07, 6.45) is 1.35. The van der Waals surface area contributed by atoms with Gasteiger partial charge in [-0.15, -0.1) is 0 Å². The highest BCUT2D eigenvalue weighted by Crippen LogP contribution is 2.19. The van der Waals surface area contributed by atoms with Gasteiger partial charge >= 0.3 is 0 Å². The number of hydrogen-bond acceptors (Lipinski definition) is 4. The maximum atomic E-state index is 13.3. The van der Waals surface area contributed by atoms with Crippen LogP contribution in [0.4, 0.5) is 10.1 Å². The molecule has 0 aliphatic heterocycles. The second-order valence-electron chi connectivity index (χ2n) is 6.79. The lowest BCUT2D eigenvalue weighted by molar-refractivity contribution is -0.140. The summed E-state index contributed by atoms with van der Waals surface area (Å²) in [5, 5.41) is 2.54. The minimum Gasteiger partial charge on any atom is -0.357 e. The van der Waals surface area contributed by atoms with E-state index in [-0.39, 0.29) is 12.5 Å². The first kappa shape index (κ1) is 23.3. The Morgan fingerprint density at radius 3 is 2.17 bits per heavy atom. The number of sulfonamides is 1. The number of amides is 2. The van der Waals surface area contributed by atoms with Crippen LogP contribution in [0.5, 0.6) is 0 Å². The number of carbonyl (C=O) groups excluding carboxylic acids is 2. The molecular weight excluding hydrogens is 409 g/mol. The summed E-state index contributed by atoms with van der Waals surface area (Å²) in [5.41, 5.74) is 0.973. The van der Waals surface area contributed by atoms with E-state index in [1.54, 1.807) is 37.3 Å². The van der Waals surface area contributed by atoms with Crippen LogP contribution in [0.25, 0.3) is 0 Å². The van der Waals surface area contributed by atoms with Crippen LogP contribution in [0.2, 0.25) is 0 Å². The Morgan fingerprint density at radius 1 is 1.07 bits per heavy atom. The number of nitrogens with zero attached hydrogens (tertiary/aromatic N) is 2. The number of likely N-dealkylation sites (N-methyl/N-ethyl adjacent to an activating group) is 1. The summed E-state index contributed by atoms with van der Waals surface area (Å²) in [5.74, 6) is -1.31. The highest BCUT2D eigenvalue weighted by Gasteiger charge is 2.31. The Labute approximate surface area is 176 Å². The van der Waals surface area contributed by atoms with E-state index >= 15 is 0 Å². The molecule has 162 valence electrons. The van der Waals surface area contributed by atoms with Crippen LogP contribution >= 0.6 is 0 Å². The van der Waals surface area contributed by atoms with E-state index in [1.165, 1.54) is 36.2 Å². The molecule has 0 saturated heterocycles. The smallest absolute Gasteiger partial charge is 0.244 e. The number of nitrogens with one attached hydrogen (secondary N) is 1. The lowest BCUT2D eigenvalue weighted by atomic mass is 10.1. The minimum absolute atomic E-state index is 0.0391. The van der Waals surface area contributed by atoms with Gasteiger partial charge in [0, 0.05) is 13.6 Å². The van der Waals surface area contributed by atoms with Crippen LogP contribution in [-0.2, 0) is 26.2 Å². The molecule has 0 radical (unpaired) electrons. The summed E-state index contributed by atoms with van der Waals surface area (Å²) in [6, 6.07) is 13.1. The molecule has 2 amide bonds. The fourth-order valence-corrected chi connectivity index (χ4v) is 3.93. The molecule has 2 rings (SSSR count). The summed E-state index contributed by atoms with van der Waals surface area (Å²) < 4.78 is 39.0. The Bertz CT molecular complexity index is 966. The average Bonchev–Trinajstić information content (AvgIpc) is 2.72. The maximum Gasteiger partial charge on any atom is 0.244 e. The van der Waals surface area contributed by atoms with Crippen molar-refractivity contribution in [2.75, 3.05) is 24.2 Å². The first-order chi connectivity index (χ1) is 14.2. The molecule has 0 aliphatic rings. The number of carbonyl (C=O) groups is 2. The molecule has 0 aromatic heterocycles. The number of halogens is 1. The van der Waals surface area contributed by atoms with Crippen LogP contribution in [0.3, 0.4) is 0 Å². The van der Waals surface area contributed by atoms with Gasteiger partial charge in [-0.1, -0.05) is 37.3 Å². The van der Waals surface area contributed by atoms with Crippen LogP contribution in [-0.4, -0.2) is 51.0 Å². The van der Waals surface area contributed by atoms with E-state index in [0.717, 1.165) is 10.6 Å². The van der Waals surface area contributed by atoms with Crippen molar-refractivity contribution < 1.29 is 22.4 Å². The molecule has 9 heteroatoms. The van der Waals surface area contributed by atoms with E-state index < -0.39 is 34.3 Å².